The van der Waals surface area contributed by atoms with Gasteiger partial charge in [-0.15, -0.1) is 0 Å². The Hall–Kier alpha value is -1.31. The molecule has 0 spiro atoms. The minimum atomic E-state index is -0.208. The van der Waals surface area contributed by atoms with E-state index in [-0.39, 0.29) is 5.82 Å². The number of benzene rings is 1. The molecule has 1 nitrogen and oxygen atoms in total. The van der Waals surface area contributed by atoms with E-state index < -0.39 is 0 Å². The molecule has 64 valence electrons. The highest BCUT2D eigenvalue weighted by Gasteiger charge is 1.88. The molecule has 0 aliphatic heterocycles. The van der Waals surface area contributed by atoms with Crippen molar-refractivity contribution in [1.29, 1.82) is 0 Å². The van der Waals surface area contributed by atoms with E-state index in [4.69, 9.17) is 0 Å². The molecular weight excluding hydrogens is 153 g/mol. The molecule has 0 saturated carbocycles. The Bertz CT molecular complexity index is 251. The Balaban J connectivity index is 2.53. The number of hydrogen-bond donors (Lipinski definition) is 1. The average molecular weight is 165 g/mol. The fraction of sp³-hybridized carbons (Fsp3) is 0.200. The van der Waals surface area contributed by atoms with Gasteiger partial charge in [0.15, 0.2) is 0 Å². The molecule has 1 aromatic rings. The second-order valence-electron chi connectivity index (χ2n) is 2.46. The van der Waals surface area contributed by atoms with E-state index >= 15 is 0 Å². The summed E-state index contributed by atoms with van der Waals surface area (Å²) in [7, 11) is 0. The second-order valence-corrected chi connectivity index (χ2v) is 2.46. The first-order valence-corrected chi connectivity index (χ1v) is 4.00. The van der Waals surface area contributed by atoms with Crippen molar-refractivity contribution in [2.75, 3.05) is 5.32 Å². The van der Waals surface area contributed by atoms with Gasteiger partial charge in [0.2, 0.25) is 0 Å². The van der Waals surface area contributed by atoms with Crippen LogP contribution >= 0.6 is 0 Å². The lowest BCUT2D eigenvalue weighted by atomic mass is 10.3. The Labute approximate surface area is 71.9 Å². The topological polar surface area (TPSA) is 12.0 Å². The molecule has 0 amide bonds. The van der Waals surface area contributed by atoms with Gasteiger partial charge < -0.3 is 5.32 Å². The van der Waals surface area contributed by atoms with Gasteiger partial charge in [-0.1, -0.05) is 13.0 Å². The van der Waals surface area contributed by atoms with Crippen LogP contribution in [0.2, 0.25) is 0 Å². The van der Waals surface area contributed by atoms with Gasteiger partial charge in [-0.3, -0.25) is 0 Å². The maximum Gasteiger partial charge on any atom is 0.123 e. The zero-order valence-corrected chi connectivity index (χ0v) is 7.05. The first-order valence-electron chi connectivity index (χ1n) is 4.00. The van der Waals surface area contributed by atoms with Gasteiger partial charge in [0.1, 0.15) is 5.82 Å². The number of anilines is 1. The highest BCUT2D eigenvalue weighted by Crippen LogP contribution is 2.07. The van der Waals surface area contributed by atoms with Gasteiger partial charge in [0, 0.05) is 5.69 Å². The van der Waals surface area contributed by atoms with Gasteiger partial charge >= 0.3 is 0 Å². The largest absolute Gasteiger partial charge is 0.362 e. The van der Waals surface area contributed by atoms with Crippen molar-refractivity contribution in [3.8, 4) is 0 Å². The first kappa shape index (κ1) is 8.78. The average Bonchev–Trinajstić information content (AvgIpc) is 2.09. The summed E-state index contributed by atoms with van der Waals surface area (Å²) in [6.07, 6.45) is 4.85. The van der Waals surface area contributed by atoms with Crippen molar-refractivity contribution >= 4 is 5.69 Å². The predicted octanol–water partition coefficient (Wildman–Crippen LogP) is 3.16. The van der Waals surface area contributed by atoms with Crippen molar-refractivity contribution in [3.05, 3.63) is 42.4 Å². The van der Waals surface area contributed by atoms with Crippen LogP contribution in [0.25, 0.3) is 0 Å². The van der Waals surface area contributed by atoms with Crippen LogP contribution in [0.3, 0.4) is 0 Å². The number of hydrogen-bond acceptors (Lipinski definition) is 1. The molecule has 0 unspecified atom stereocenters. The summed E-state index contributed by atoms with van der Waals surface area (Å²) in [5.74, 6) is -0.208. The third-order valence-corrected chi connectivity index (χ3v) is 1.45. The monoisotopic (exact) mass is 165 g/mol. The zero-order chi connectivity index (χ0) is 8.81. The molecule has 0 heterocycles. The summed E-state index contributed by atoms with van der Waals surface area (Å²) in [6, 6.07) is 6.27. The highest BCUT2D eigenvalue weighted by molar-refractivity contribution is 5.45. The van der Waals surface area contributed by atoms with Gasteiger partial charge in [-0.05, 0) is 36.9 Å². The van der Waals surface area contributed by atoms with Gasteiger partial charge in [-0.25, -0.2) is 4.39 Å². The maximum atomic E-state index is 12.4. The Morgan fingerprint density at radius 3 is 2.58 bits per heavy atom. The molecule has 0 aromatic heterocycles. The van der Waals surface area contributed by atoms with E-state index in [0.29, 0.717) is 0 Å². The molecule has 0 aliphatic rings. The van der Waals surface area contributed by atoms with Crippen LogP contribution in [-0.4, -0.2) is 0 Å². The number of rotatable bonds is 3. The van der Waals surface area contributed by atoms with E-state index in [9.17, 15) is 4.39 Å². The predicted molar refractivity (Wildman–Crippen MR) is 49.5 cm³/mol. The zero-order valence-electron chi connectivity index (χ0n) is 7.05. The van der Waals surface area contributed by atoms with E-state index in [2.05, 4.69) is 12.2 Å². The summed E-state index contributed by atoms with van der Waals surface area (Å²) in [5.41, 5.74) is 0.904. The molecule has 12 heavy (non-hydrogen) atoms. The van der Waals surface area contributed by atoms with E-state index in [1.807, 2.05) is 12.3 Å². The molecule has 1 N–H and O–H groups in total. The lowest BCUT2D eigenvalue weighted by Gasteiger charge is -1.98. The van der Waals surface area contributed by atoms with Gasteiger partial charge in [0.25, 0.3) is 0 Å². The van der Waals surface area contributed by atoms with E-state index in [1.54, 1.807) is 12.1 Å². The van der Waals surface area contributed by atoms with E-state index in [0.717, 1.165) is 12.1 Å². The maximum absolute atomic E-state index is 12.4. The quantitative estimate of drug-likeness (QED) is 0.725. The van der Waals surface area contributed by atoms with Gasteiger partial charge in [-0.2, -0.15) is 0 Å². The molecule has 1 rings (SSSR count). The van der Waals surface area contributed by atoms with Crippen LogP contribution in [0.4, 0.5) is 10.1 Å². The minimum Gasteiger partial charge on any atom is -0.362 e. The molecular formula is C10H12FN. The van der Waals surface area contributed by atoms with Crippen LogP contribution in [0, 0.1) is 5.82 Å². The summed E-state index contributed by atoms with van der Waals surface area (Å²) >= 11 is 0. The standard InChI is InChI=1S/C10H12FN/c1-2-3-8-12-10-6-4-9(11)5-7-10/h3-8,12H,2H2,1H3/b8-3+. The fourth-order valence-corrected chi connectivity index (χ4v) is 0.819. The lowest BCUT2D eigenvalue weighted by Crippen LogP contribution is -1.86. The SMILES string of the molecule is CC/C=C/Nc1ccc(F)cc1. The first-order chi connectivity index (χ1) is 5.83. The molecule has 0 aliphatic carbocycles. The summed E-state index contributed by atoms with van der Waals surface area (Å²) in [6.45, 7) is 2.06. The summed E-state index contributed by atoms with van der Waals surface area (Å²) in [5, 5.41) is 3.03. The van der Waals surface area contributed by atoms with Crippen molar-refractivity contribution in [2.24, 2.45) is 0 Å². The molecule has 0 bridgehead atoms. The summed E-state index contributed by atoms with van der Waals surface area (Å²) in [4.78, 5) is 0. The van der Waals surface area contributed by atoms with Crippen molar-refractivity contribution in [1.82, 2.24) is 0 Å². The van der Waals surface area contributed by atoms with Crippen molar-refractivity contribution in [3.63, 3.8) is 0 Å². The highest BCUT2D eigenvalue weighted by atomic mass is 19.1. The molecule has 0 fully saturated rings. The third-order valence-electron chi connectivity index (χ3n) is 1.45. The van der Waals surface area contributed by atoms with Crippen molar-refractivity contribution < 1.29 is 4.39 Å². The Kier molecular flexibility index (Phi) is 3.33. The van der Waals surface area contributed by atoms with Crippen LogP contribution in [-0.2, 0) is 0 Å². The van der Waals surface area contributed by atoms with Crippen LogP contribution in [0.1, 0.15) is 13.3 Å². The van der Waals surface area contributed by atoms with E-state index in [1.165, 1.54) is 12.1 Å². The molecule has 2 heteroatoms. The normalized spacial score (nSPS) is 10.5. The number of nitrogens with one attached hydrogen (secondary N) is 1. The molecule has 1 aromatic carbocycles. The van der Waals surface area contributed by atoms with Crippen LogP contribution < -0.4 is 5.32 Å². The number of halogens is 1. The molecule has 0 radical (unpaired) electrons. The lowest BCUT2D eigenvalue weighted by molar-refractivity contribution is 0.628. The Morgan fingerprint density at radius 2 is 2.00 bits per heavy atom. The second kappa shape index (κ2) is 4.54. The third kappa shape index (κ3) is 2.74. The smallest absolute Gasteiger partial charge is 0.123 e. The van der Waals surface area contributed by atoms with Crippen molar-refractivity contribution in [2.45, 2.75) is 13.3 Å². The minimum absolute atomic E-state index is 0.208. The fourth-order valence-electron chi connectivity index (χ4n) is 0.819. The Morgan fingerprint density at radius 1 is 1.33 bits per heavy atom. The van der Waals surface area contributed by atoms with Crippen LogP contribution in [0.15, 0.2) is 36.5 Å². The van der Waals surface area contributed by atoms with Gasteiger partial charge in [0.05, 0.1) is 0 Å². The number of allylic oxidation sites excluding steroid dienone is 1. The molecule has 0 atom stereocenters. The summed E-state index contributed by atoms with van der Waals surface area (Å²) < 4.78 is 12.4. The molecule has 0 saturated heterocycles. The van der Waals surface area contributed by atoms with Crippen LogP contribution in [0.5, 0.6) is 0 Å².